The van der Waals surface area contributed by atoms with Gasteiger partial charge in [0.1, 0.15) is 12.4 Å². The van der Waals surface area contributed by atoms with Crippen molar-refractivity contribution in [3.05, 3.63) is 126 Å². The molecule has 0 aliphatic heterocycles. The van der Waals surface area contributed by atoms with Crippen molar-refractivity contribution in [2.75, 3.05) is 6.54 Å². The molecule has 1 aliphatic rings. The van der Waals surface area contributed by atoms with Crippen molar-refractivity contribution in [1.82, 2.24) is 19.8 Å². The molecule has 1 fully saturated rings. The molecule has 6 rings (SSSR count). The summed E-state index contributed by atoms with van der Waals surface area (Å²) in [6.45, 7) is 1.31. The summed E-state index contributed by atoms with van der Waals surface area (Å²) in [4.78, 5) is 33.8. The molecule has 1 heterocycles. The van der Waals surface area contributed by atoms with Crippen molar-refractivity contribution >= 4 is 22.8 Å². The molecule has 0 unspecified atom stereocenters. The minimum Gasteiger partial charge on any atom is -0.355 e. The molecule has 44 heavy (non-hydrogen) atoms. The van der Waals surface area contributed by atoms with Gasteiger partial charge in [-0.25, -0.2) is 4.98 Å². The number of fused-ring (bicyclic) bond motifs is 1. The van der Waals surface area contributed by atoms with Crippen LogP contribution in [0, 0.1) is 0 Å². The number of nitrogens with one attached hydrogen (secondary N) is 1. The van der Waals surface area contributed by atoms with Crippen molar-refractivity contribution in [2.45, 2.75) is 64.1 Å². The largest absolute Gasteiger partial charge is 0.355 e. The molecule has 224 valence electrons. The van der Waals surface area contributed by atoms with Crippen molar-refractivity contribution in [3.63, 3.8) is 0 Å². The fourth-order valence-corrected chi connectivity index (χ4v) is 6.32. The number of hydrogen-bond acceptors (Lipinski definition) is 3. The Labute approximate surface area is 259 Å². The number of benzene rings is 4. The van der Waals surface area contributed by atoms with Crippen LogP contribution in [0.5, 0.6) is 0 Å². The van der Waals surface area contributed by atoms with Crippen molar-refractivity contribution in [1.29, 1.82) is 0 Å². The second-order valence-electron chi connectivity index (χ2n) is 11.7. The Morgan fingerprint density at radius 3 is 2.16 bits per heavy atom. The van der Waals surface area contributed by atoms with Gasteiger partial charge in [0.15, 0.2) is 0 Å². The zero-order chi connectivity index (χ0) is 30.1. The van der Waals surface area contributed by atoms with Crippen LogP contribution in [0.2, 0.25) is 0 Å². The molecular formula is C38H40N4O2. The van der Waals surface area contributed by atoms with Gasteiger partial charge >= 0.3 is 0 Å². The van der Waals surface area contributed by atoms with Crippen molar-refractivity contribution in [2.24, 2.45) is 0 Å². The van der Waals surface area contributed by atoms with E-state index in [0.717, 1.165) is 52.0 Å². The molecule has 0 saturated heterocycles. The number of nitrogens with zero attached hydrogens (tertiary/aromatic N) is 3. The summed E-state index contributed by atoms with van der Waals surface area (Å²) >= 11 is 0. The van der Waals surface area contributed by atoms with E-state index in [9.17, 15) is 9.59 Å². The van der Waals surface area contributed by atoms with Crippen LogP contribution in [-0.2, 0) is 35.5 Å². The van der Waals surface area contributed by atoms with Gasteiger partial charge in [0.25, 0.3) is 0 Å². The maximum atomic E-state index is 14.0. The van der Waals surface area contributed by atoms with Gasteiger partial charge in [-0.2, -0.15) is 0 Å². The summed E-state index contributed by atoms with van der Waals surface area (Å²) in [7, 11) is 0. The Kier molecular flexibility index (Phi) is 9.46. The third-order valence-corrected chi connectivity index (χ3v) is 8.66. The smallest absolute Gasteiger partial charge is 0.243 e. The van der Waals surface area contributed by atoms with Crippen LogP contribution in [0.15, 0.2) is 109 Å². The number of rotatable bonds is 11. The lowest BCUT2D eigenvalue weighted by Gasteiger charge is -2.35. The number of amides is 2. The first-order chi connectivity index (χ1) is 21.6. The Morgan fingerprint density at radius 2 is 1.41 bits per heavy atom. The Hall–Kier alpha value is -4.71. The predicted molar refractivity (Wildman–Crippen MR) is 176 cm³/mol. The molecule has 6 nitrogen and oxygen atoms in total. The maximum absolute atomic E-state index is 14.0. The van der Waals surface area contributed by atoms with Crippen LogP contribution in [-0.4, -0.2) is 38.9 Å². The van der Waals surface area contributed by atoms with Gasteiger partial charge in [-0.15, -0.1) is 0 Å². The lowest BCUT2D eigenvalue weighted by molar-refractivity contribution is -0.135. The molecule has 6 heteroatoms. The molecule has 1 saturated carbocycles. The minimum atomic E-state index is -0.0254. The highest BCUT2D eigenvalue weighted by Gasteiger charge is 2.27. The van der Waals surface area contributed by atoms with Gasteiger partial charge in [-0.05, 0) is 47.2 Å². The van der Waals surface area contributed by atoms with Crippen LogP contribution in [0.3, 0.4) is 0 Å². The van der Waals surface area contributed by atoms with Crippen molar-refractivity contribution in [3.8, 4) is 11.1 Å². The highest BCUT2D eigenvalue weighted by atomic mass is 16.2. The molecule has 0 spiro atoms. The van der Waals surface area contributed by atoms with E-state index in [-0.39, 0.29) is 24.4 Å². The molecular weight excluding hydrogens is 544 g/mol. The zero-order valence-corrected chi connectivity index (χ0v) is 25.2. The number of carbonyl (C=O) groups is 2. The van der Waals surface area contributed by atoms with E-state index in [1.165, 1.54) is 19.3 Å². The van der Waals surface area contributed by atoms with E-state index in [4.69, 9.17) is 4.98 Å². The molecule has 0 radical (unpaired) electrons. The average Bonchev–Trinajstić information content (AvgIpc) is 3.42. The highest BCUT2D eigenvalue weighted by molar-refractivity contribution is 5.82. The highest BCUT2D eigenvalue weighted by Crippen LogP contribution is 2.26. The summed E-state index contributed by atoms with van der Waals surface area (Å²) in [5.41, 5.74) is 6.23. The molecule has 1 N–H and O–H groups in total. The van der Waals surface area contributed by atoms with Crippen LogP contribution < -0.4 is 5.32 Å². The number of aromatic nitrogens is 2. The van der Waals surface area contributed by atoms with E-state index in [1.54, 1.807) is 0 Å². The summed E-state index contributed by atoms with van der Waals surface area (Å²) in [6, 6.07) is 36.9. The maximum Gasteiger partial charge on any atom is 0.243 e. The molecule has 1 aromatic heterocycles. The normalized spacial score (nSPS) is 13.5. The van der Waals surface area contributed by atoms with Crippen LogP contribution in [0.4, 0.5) is 0 Å². The number of carbonyl (C=O) groups excluding carboxylic acids is 2. The van der Waals surface area contributed by atoms with Crippen LogP contribution in [0.25, 0.3) is 22.2 Å². The summed E-state index contributed by atoms with van der Waals surface area (Å²) in [6.07, 6.45) is 6.54. The third kappa shape index (κ3) is 7.25. The van der Waals surface area contributed by atoms with E-state index >= 15 is 0 Å². The standard InChI is InChI=1S/C38H40N4O2/c43-37(26-29-20-22-32(23-21-29)31-14-6-2-7-15-31)39-25-24-36-40-34-18-10-11-19-35(34)42(36)28-38(44)41(33-16-8-3-9-17-33)27-30-12-4-1-5-13-30/h1-2,4-7,10-15,18-23,33H,3,8-9,16-17,24-28H2,(H,39,43). The summed E-state index contributed by atoms with van der Waals surface area (Å²) < 4.78 is 2.05. The second kappa shape index (κ2) is 14.2. The molecule has 0 bridgehead atoms. The van der Waals surface area contributed by atoms with Crippen LogP contribution >= 0.6 is 0 Å². The van der Waals surface area contributed by atoms with Gasteiger partial charge in [0.2, 0.25) is 11.8 Å². The molecule has 1 aliphatic carbocycles. The Morgan fingerprint density at radius 1 is 0.750 bits per heavy atom. The fourth-order valence-electron chi connectivity index (χ4n) is 6.32. The quantitative estimate of drug-likeness (QED) is 0.182. The van der Waals surface area contributed by atoms with Gasteiger partial charge in [-0.3, -0.25) is 9.59 Å². The van der Waals surface area contributed by atoms with Gasteiger partial charge < -0.3 is 14.8 Å². The summed E-state index contributed by atoms with van der Waals surface area (Å²) in [5.74, 6) is 0.908. The SMILES string of the molecule is O=C(Cc1ccc(-c2ccccc2)cc1)NCCc1nc2ccccc2n1CC(=O)N(Cc1ccccc1)C1CCCCC1. The lowest BCUT2D eigenvalue weighted by Crippen LogP contribution is -2.42. The average molecular weight is 585 g/mol. The van der Waals surface area contributed by atoms with Gasteiger partial charge in [0.05, 0.1) is 17.5 Å². The van der Waals surface area contributed by atoms with Gasteiger partial charge in [0, 0.05) is 25.6 Å². The minimum absolute atomic E-state index is 0.0254. The monoisotopic (exact) mass is 584 g/mol. The third-order valence-electron chi connectivity index (χ3n) is 8.66. The fraction of sp³-hybridized carbons (Fsp3) is 0.289. The van der Waals surface area contributed by atoms with E-state index in [1.807, 2.05) is 77.4 Å². The summed E-state index contributed by atoms with van der Waals surface area (Å²) in [5, 5.41) is 3.07. The number of para-hydroxylation sites is 2. The molecule has 0 atom stereocenters. The van der Waals surface area contributed by atoms with Gasteiger partial charge in [-0.1, -0.05) is 116 Å². The second-order valence-corrected chi connectivity index (χ2v) is 11.7. The first-order valence-electron chi connectivity index (χ1n) is 15.8. The Balaban J connectivity index is 1.12. The zero-order valence-electron chi connectivity index (χ0n) is 25.2. The predicted octanol–water partition coefficient (Wildman–Crippen LogP) is 6.97. The first kappa shape index (κ1) is 29.4. The van der Waals surface area contributed by atoms with Crippen molar-refractivity contribution < 1.29 is 9.59 Å². The van der Waals surface area contributed by atoms with E-state index < -0.39 is 0 Å². The van der Waals surface area contributed by atoms with E-state index in [2.05, 4.69) is 46.6 Å². The molecule has 4 aromatic carbocycles. The molecule has 5 aromatic rings. The van der Waals surface area contributed by atoms with E-state index in [0.29, 0.717) is 25.9 Å². The lowest BCUT2D eigenvalue weighted by atomic mass is 9.93. The molecule has 2 amide bonds. The topological polar surface area (TPSA) is 67.2 Å². The number of imidazole rings is 1. The van der Waals surface area contributed by atoms with Crippen LogP contribution in [0.1, 0.15) is 49.1 Å². The Bertz CT molecular complexity index is 1670. The number of hydrogen-bond donors (Lipinski definition) is 1. The first-order valence-corrected chi connectivity index (χ1v) is 15.8.